The Hall–Kier alpha value is -1.22. The normalized spacial score (nSPS) is 10.7. The lowest BCUT2D eigenvalue weighted by Crippen LogP contribution is -3.00. The lowest BCUT2D eigenvalue weighted by atomic mass is 10.0. The molecule has 0 aromatic carbocycles. The SMILES string of the molecule is CCCCCCCCCCCCCCCC[n+]1ccccc1-c1ccccn1.[Br-]. The third-order valence-electron chi connectivity index (χ3n) is 5.62. The summed E-state index contributed by atoms with van der Waals surface area (Å²) in [6.45, 7) is 3.38. The fourth-order valence-electron chi connectivity index (χ4n) is 3.89. The minimum Gasteiger partial charge on any atom is -1.00 e. The highest BCUT2D eigenvalue weighted by molar-refractivity contribution is 5.49. The van der Waals surface area contributed by atoms with Gasteiger partial charge in [0.15, 0.2) is 6.20 Å². The van der Waals surface area contributed by atoms with Crippen LogP contribution in [-0.4, -0.2) is 4.98 Å². The first kappa shape index (κ1) is 25.8. The summed E-state index contributed by atoms with van der Waals surface area (Å²) in [6.07, 6.45) is 23.8. The fraction of sp³-hybridized carbons (Fsp3) is 0.615. The van der Waals surface area contributed by atoms with Crippen LogP contribution >= 0.6 is 0 Å². The maximum absolute atomic E-state index is 4.51. The molecule has 0 bridgehead atoms. The second-order valence-electron chi connectivity index (χ2n) is 8.09. The van der Waals surface area contributed by atoms with E-state index in [1.807, 2.05) is 12.3 Å². The highest BCUT2D eigenvalue weighted by Crippen LogP contribution is 2.14. The average Bonchev–Trinajstić information content (AvgIpc) is 2.75. The Bertz CT molecular complexity index is 615. The summed E-state index contributed by atoms with van der Waals surface area (Å²) >= 11 is 0. The molecule has 0 aliphatic rings. The van der Waals surface area contributed by atoms with Crippen molar-refractivity contribution in [3.05, 3.63) is 48.8 Å². The molecule has 0 spiro atoms. The van der Waals surface area contributed by atoms with Crippen LogP contribution in [0.2, 0.25) is 0 Å². The molecule has 0 saturated heterocycles. The van der Waals surface area contributed by atoms with Crippen LogP contribution in [0.4, 0.5) is 0 Å². The van der Waals surface area contributed by atoms with Gasteiger partial charge in [0, 0.05) is 24.8 Å². The van der Waals surface area contributed by atoms with Gasteiger partial charge in [-0.25, -0.2) is 4.98 Å². The predicted octanol–water partition coefficient (Wildman–Crippen LogP) is 4.52. The third kappa shape index (κ3) is 11.5. The molecule has 3 heteroatoms. The van der Waals surface area contributed by atoms with Crippen LogP contribution in [0, 0.1) is 0 Å². The van der Waals surface area contributed by atoms with Crippen LogP contribution in [-0.2, 0) is 6.54 Å². The van der Waals surface area contributed by atoms with E-state index in [0.29, 0.717) is 0 Å². The molecule has 162 valence electrons. The van der Waals surface area contributed by atoms with Crippen LogP contribution < -0.4 is 21.5 Å². The zero-order valence-corrected chi connectivity index (χ0v) is 20.1. The van der Waals surface area contributed by atoms with Gasteiger partial charge in [0.25, 0.3) is 0 Å². The molecular formula is C26H41BrN2. The van der Waals surface area contributed by atoms with Crippen LogP contribution in [0.5, 0.6) is 0 Å². The molecule has 0 fully saturated rings. The number of rotatable bonds is 16. The quantitative estimate of drug-likeness (QED) is 0.265. The van der Waals surface area contributed by atoms with Gasteiger partial charge in [-0.05, 0) is 24.6 Å². The van der Waals surface area contributed by atoms with Gasteiger partial charge in [-0.3, -0.25) is 0 Å². The number of aromatic nitrogens is 2. The average molecular weight is 462 g/mol. The summed E-state index contributed by atoms with van der Waals surface area (Å²) in [7, 11) is 0. The lowest BCUT2D eigenvalue weighted by molar-refractivity contribution is -0.686. The number of halogens is 1. The minimum atomic E-state index is 0. The molecule has 0 atom stereocenters. The van der Waals surface area contributed by atoms with Crippen LogP contribution in [0.15, 0.2) is 48.8 Å². The molecule has 2 nitrogen and oxygen atoms in total. The monoisotopic (exact) mass is 460 g/mol. The number of unbranched alkanes of at least 4 members (excludes halogenated alkanes) is 13. The zero-order chi connectivity index (χ0) is 19.7. The molecule has 0 amide bonds. The standard InChI is InChI=1S/C26H41N2.BrH/c1-2-3-4-5-6-7-8-9-10-11-12-13-14-18-23-28-24-19-16-21-26(28)25-20-15-17-22-27-25;/h15-17,19-22,24H,2-14,18,23H2,1H3;1H/q+1;/p-1. The molecule has 29 heavy (non-hydrogen) atoms. The first-order valence-electron chi connectivity index (χ1n) is 11.8. The van der Waals surface area contributed by atoms with Crippen molar-refractivity contribution in [2.45, 2.75) is 103 Å². The molecule has 0 radical (unpaired) electrons. The van der Waals surface area contributed by atoms with Crippen molar-refractivity contribution in [1.29, 1.82) is 0 Å². The summed E-state index contributed by atoms with van der Waals surface area (Å²) in [6, 6.07) is 12.5. The van der Waals surface area contributed by atoms with E-state index in [4.69, 9.17) is 0 Å². The van der Waals surface area contributed by atoms with Gasteiger partial charge in [-0.15, -0.1) is 0 Å². The van der Waals surface area contributed by atoms with Gasteiger partial charge in [0.2, 0.25) is 5.69 Å². The third-order valence-corrected chi connectivity index (χ3v) is 5.62. The van der Waals surface area contributed by atoms with Gasteiger partial charge in [0.1, 0.15) is 12.2 Å². The number of aryl methyl sites for hydroxylation is 1. The van der Waals surface area contributed by atoms with E-state index in [1.165, 1.54) is 95.6 Å². The number of nitrogens with zero attached hydrogens (tertiary/aromatic N) is 2. The highest BCUT2D eigenvalue weighted by Gasteiger charge is 2.12. The number of hydrogen-bond acceptors (Lipinski definition) is 1. The molecule has 2 aromatic heterocycles. The van der Waals surface area contributed by atoms with Crippen molar-refractivity contribution in [3.8, 4) is 11.4 Å². The van der Waals surface area contributed by atoms with E-state index < -0.39 is 0 Å². The molecule has 0 saturated carbocycles. The van der Waals surface area contributed by atoms with E-state index in [2.05, 4.69) is 53.0 Å². The molecule has 0 aliphatic carbocycles. The number of pyridine rings is 2. The fourth-order valence-corrected chi connectivity index (χ4v) is 3.89. The maximum Gasteiger partial charge on any atom is 0.231 e. The highest BCUT2D eigenvalue weighted by atomic mass is 79.9. The maximum atomic E-state index is 4.51. The molecule has 2 heterocycles. The van der Waals surface area contributed by atoms with E-state index in [9.17, 15) is 0 Å². The number of hydrogen-bond donors (Lipinski definition) is 0. The predicted molar refractivity (Wildman–Crippen MR) is 120 cm³/mol. The Morgan fingerprint density at radius 3 is 1.76 bits per heavy atom. The van der Waals surface area contributed by atoms with Crippen molar-refractivity contribution in [2.75, 3.05) is 0 Å². The Morgan fingerprint density at radius 2 is 1.21 bits per heavy atom. The van der Waals surface area contributed by atoms with Gasteiger partial charge < -0.3 is 17.0 Å². The Labute approximate surface area is 189 Å². The molecule has 0 unspecified atom stereocenters. The van der Waals surface area contributed by atoms with Crippen LogP contribution in [0.25, 0.3) is 11.4 Å². The van der Waals surface area contributed by atoms with E-state index in [-0.39, 0.29) is 17.0 Å². The van der Waals surface area contributed by atoms with Gasteiger partial charge >= 0.3 is 0 Å². The second kappa shape index (κ2) is 17.6. The lowest BCUT2D eigenvalue weighted by Gasteiger charge is -2.04. The summed E-state index contributed by atoms with van der Waals surface area (Å²) in [5.41, 5.74) is 2.28. The summed E-state index contributed by atoms with van der Waals surface area (Å²) in [5.74, 6) is 0. The zero-order valence-electron chi connectivity index (χ0n) is 18.5. The second-order valence-corrected chi connectivity index (χ2v) is 8.09. The Morgan fingerprint density at radius 1 is 0.655 bits per heavy atom. The minimum absolute atomic E-state index is 0. The van der Waals surface area contributed by atoms with Gasteiger partial charge in [-0.1, -0.05) is 90.0 Å². The smallest absolute Gasteiger partial charge is 0.231 e. The largest absolute Gasteiger partial charge is 1.00 e. The summed E-state index contributed by atoms with van der Waals surface area (Å²) in [5, 5.41) is 0. The molecule has 0 N–H and O–H groups in total. The van der Waals surface area contributed by atoms with Crippen molar-refractivity contribution < 1.29 is 21.5 Å². The molecule has 2 rings (SSSR count). The summed E-state index contributed by atoms with van der Waals surface area (Å²) < 4.78 is 2.35. The Kier molecular flexibility index (Phi) is 15.7. The Balaban J connectivity index is 0.00000420. The first-order chi connectivity index (χ1) is 13.9. The van der Waals surface area contributed by atoms with Gasteiger partial charge in [-0.2, -0.15) is 4.57 Å². The van der Waals surface area contributed by atoms with Gasteiger partial charge in [0.05, 0.1) is 0 Å². The van der Waals surface area contributed by atoms with Crippen molar-refractivity contribution in [1.82, 2.24) is 4.98 Å². The molecule has 2 aromatic rings. The van der Waals surface area contributed by atoms with Crippen molar-refractivity contribution in [3.63, 3.8) is 0 Å². The topological polar surface area (TPSA) is 16.8 Å². The van der Waals surface area contributed by atoms with Crippen LogP contribution in [0.1, 0.15) is 96.8 Å². The van der Waals surface area contributed by atoms with Crippen molar-refractivity contribution in [2.24, 2.45) is 0 Å². The summed E-state index contributed by atoms with van der Waals surface area (Å²) in [4.78, 5) is 4.51. The molecular weight excluding hydrogens is 420 g/mol. The van der Waals surface area contributed by atoms with E-state index in [0.717, 1.165) is 12.2 Å². The van der Waals surface area contributed by atoms with Crippen LogP contribution in [0.3, 0.4) is 0 Å². The van der Waals surface area contributed by atoms with E-state index in [1.54, 1.807) is 0 Å². The first-order valence-corrected chi connectivity index (χ1v) is 11.8. The molecule has 0 aliphatic heterocycles. The van der Waals surface area contributed by atoms with Crippen molar-refractivity contribution >= 4 is 0 Å². The van der Waals surface area contributed by atoms with E-state index >= 15 is 0 Å².